The Morgan fingerprint density at radius 3 is 2.30 bits per heavy atom. The summed E-state index contributed by atoms with van der Waals surface area (Å²) in [4.78, 5) is 12.0. The monoisotopic (exact) mass is 304 g/mol. The molecule has 3 heteroatoms. The highest BCUT2D eigenvalue weighted by Gasteiger charge is 2.12. The molecule has 0 heterocycles. The lowest BCUT2D eigenvalue weighted by molar-refractivity contribution is 0.152. The highest BCUT2D eigenvalue weighted by Crippen LogP contribution is 2.29. The van der Waals surface area contributed by atoms with Crippen LogP contribution in [0.5, 0.6) is 11.5 Å². The molecule has 3 nitrogen and oxygen atoms in total. The van der Waals surface area contributed by atoms with Gasteiger partial charge in [0, 0.05) is 5.56 Å². The van der Waals surface area contributed by atoms with Crippen LogP contribution in [0.15, 0.2) is 78.9 Å². The van der Waals surface area contributed by atoms with Crippen molar-refractivity contribution < 1.29 is 14.3 Å². The van der Waals surface area contributed by atoms with Crippen molar-refractivity contribution >= 4 is 6.16 Å². The third-order valence-corrected chi connectivity index (χ3v) is 3.36. The van der Waals surface area contributed by atoms with Gasteiger partial charge in [-0.05, 0) is 36.2 Å². The highest BCUT2D eigenvalue weighted by atomic mass is 16.7. The molecule has 0 bridgehead atoms. The smallest absolute Gasteiger partial charge is 0.395 e. The van der Waals surface area contributed by atoms with Gasteiger partial charge in [-0.3, -0.25) is 0 Å². The molecule has 0 aliphatic rings. The Morgan fingerprint density at radius 1 is 0.783 bits per heavy atom. The predicted octanol–water partition coefficient (Wildman–Crippen LogP) is 5.24. The summed E-state index contributed by atoms with van der Waals surface area (Å²) in [5.41, 5.74) is 2.83. The fraction of sp³-hybridized carbons (Fsp3) is 0.0500. The average molecular weight is 304 g/mol. The van der Waals surface area contributed by atoms with Crippen molar-refractivity contribution in [2.75, 3.05) is 0 Å². The van der Waals surface area contributed by atoms with Crippen molar-refractivity contribution in [3.63, 3.8) is 0 Å². The van der Waals surface area contributed by atoms with Crippen molar-refractivity contribution in [2.45, 2.75) is 6.92 Å². The lowest BCUT2D eigenvalue weighted by Crippen LogP contribution is -2.14. The Hall–Kier alpha value is -3.07. The molecule has 0 unspecified atom stereocenters. The molecule has 0 fully saturated rings. The Labute approximate surface area is 135 Å². The fourth-order valence-corrected chi connectivity index (χ4v) is 2.30. The van der Waals surface area contributed by atoms with E-state index >= 15 is 0 Å². The van der Waals surface area contributed by atoms with Crippen LogP contribution in [0.1, 0.15) is 5.56 Å². The Balaban J connectivity index is 1.79. The Bertz CT molecular complexity index is 810. The third kappa shape index (κ3) is 3.77. The van der Waals surface area contributed by atoms with Crippen LogP contribution in [0.3, 0.4) is 0 Å². The molecule has 114 valence electrons. The molecule has 3 rings (SSSR count). The maximum atomic E-state index is 12.0. The second-order valence-electron chi connectivity index (χ2n) is 5.13. The first-order chi connectivity index (χ1) is 11.2. The zero-order chi connectivity index (χ0) is 16.1. The van der Waals surface area contributed by atoms with Crippen LogP contribution < -0.4 is 9.47 Å². The molecule has 3 aromatic carbocycles. The van der Waals surface area contributed by atoms with Gasteiger partial charge in [0.1, 0.15) is 11.5 Å². The SMILES string of the molecule is Cc1cccc(OC(=O)Oc2ccccc2-c2ccccc2)c1. The second kappa shape index (κ2) is 6.79. The van der Waals surface area contributed by atoms with E-state index in [9.17, 15) is 4.79 Å². The van der Waals surface area contributed by atoms with E-state index in [1.54, 1.807) is 18.2 Å². The van der Waals surface area contributed by atoms with E-state index in [2.05, 4.69) is 0 Å². The fourth-order valence-electron chi connectivity index (χ4n) is 2.30. The van der Waals surface area contributed by atoms with Crippen LogP contribution in [0.4, 0.5) is 4.79 Å². The Kier molecular flexibility index (Phi) is 4.39. The molecule has 23 heavy (non-hydrogen) atoms. The molecule has 0 saturated heterocycles. The molecule has 0 atom stereocenters. The summed E-state index contributed by atoms with van der Waals surface area (Å²) in [7, 11) is 0. The van der Waals surface area contributed by atoms with Crippen LogP contribution in [0, 0.1) is 6.92 Å². The van der Waals surface area contributed by atoms with Gasteiger partial charge in [0.15, 0.2) is 0 Å². The van der Waals surface area contributed by atoms with Crippen molar-refractivity contribution in [2.24, 2.45) is 0 Å². The molecular formula is C20H16O3. The standard InChI is InChI=1S/C20H16O3/c1-15-8-7-11-17(14-15)22-20(21)23-19-13-6-5-12-18(19)16-9-3-2-4-10-16/h2-14H,1H3. The van der Waals surface area contributed by atoms with E-state index in [0.29, 0.717) is 11.5 Å². The van der Waals surface area contributed by atoms with Gasteiger partial charge >= 0.3 is 6.16 Å². The van der Waals surface area contributed by atoms with E-state index in [-0.39, 0.29) is 0 Å². The van der Waals surface area contributed by atoms with E-state index in [0.717, 1.165) is 16.7 Å². The summed E-state index contributed by atoms with van der Waals surface area (Å²) >= 11 is 0. The molecule has 0 radical (unpaired) electrons. The predicted molar refractivity (Wildman–Crippen MR) is 89.7 cm³/mol. The number of aryl methyl sites for hydroxylation is 1. The van der Waals surface area contributed by atoms with E-state index < -0.39 is 6.16 Å². The minimum absolute atomic E-state index is 0.465. The van der Waals surface area contributed by atoms with Gasteiger partial charge in [0.25, 0.3) is 0 Å². The molecular weight excluding hydrogens is 288 g/mol. The molecule has 0 aliphatic heterocycles. The molecule has 0 amide bonds. The van der Waals surface area contributed by atoms with E-state index in [1.807, 2.05) is 67.6 Å². The summed E-state index contributed by atoms with van der Waals surface area (Å²) in [6.45, 7) is 1.93. The molecule has 0 aromatic heterocycles. The number of rotatable bonds is 3. The van der Waals surface area contributed by atoms with Crippen LogP contribution in [-0.2, 0) is 0 Å². The van der Waals surface area contributed by atoms with Gasteiger partial charge in [-0.1, -0.05) is 60.7 Å². The topological polar surface area (TPSA) is 35.5 Å². The Morgan fingerprint density at radius 2 is 1.52 bits per heavy atom. The summed E-state index contributed by atoms with van der Waals surface area (Å²) in [5, 5.41) is 0. The zero-order valence-corrected chi connectivity index (χ0v) is 12.7. The molecule has 0 N–H and O–H groups in total. The summed E-state index contributed by atoms with van der Waals surface area (Å²) in [6, 6.07) is 24.4. The lowest BCUT2D eigenvalue weighted by atomic mass is 10.1. The third-order valence-electron chi connectivity index (χ3n) is 3.36. The van der Waals surface area contributed by atoms with Crippen LogP contribution >= 0.6 is 0 Å². The number of benzene rings is 3. The summed E-state index contributed by atoms with van der Waals surface area (Å²) in [6.07, 6.45) is -0.751. The quantitative estimate of drug-likeness (QED) is 0.490. The molecule has 3 aromatic rings. The number of para-hydroxylation sites is 1. The van der Waals surface area contributed by atoms with E-state index in [1.165, 1.54) is 0 Å². The largest absolute Gasteiger partial charge is 0.519 e. The maximum absolute atomic E-state index is 12.0. The van der Waals surface area contributed by atoms with Crippen LogP contribution in [0.2, 0.25) is 0 Å². The second-order valence-corrected chi connectivity index (χ2v) is 5.13. The first kappa shape index (κ1) is 14.9. The highest BCUT2D eigenvalue weighted by molar-refractivity contribution is 5.75. The van der Waals surface area contributed by atoms with Gasteiger partial charge in [-0.2, -0.15) is 0 Å². The van der Waals surface area contributed by atoms with Gasteiger partial charge in [0.2, 0.25) is 0 Å². The van der Waals surface area contributed by atoms with E-state index in [4.69, 9.17) is 9.47 Å². The van der Waals surface area contributed by atoms with Crippen molar-refractivity contribution in [3.8, 4) is 22.6 Å². The first-order valence-electron chi connectivity index (χ1n) is 7.33. The van der Waals surface area contributed by atoms with Crippen molar-refractivity contribution in [1.29, 1.82) is 0 Å². The minimum atomic E-state index is -0.751. The van der Waals surface area contributed by atoms with Crippen molar-refractivity contribution in [3.05, 3.63) is 84.4 Å². The normalized spacial score (nSPS) is 10.1. The number of hydrogen-bond donors (Lipinski definition) is 0. The summed E-state index contributed by atoms with van der Waals surface area (Å²) in [5.74, 6) is 0.934. The molecule has 0 saturated carbocycles. The minimum Gasteiger partial charge on any atom is -0.395 e. The van der Waals surface area contributed by atoms with Crippen LogP contribution in [-0.4, -0.2) is 6.16 Å². The average Bonchev–Trinajstić information content (AvgIpc) is 2.56. The number of ether oxygens (including phenoxy) is 2. The van der Waals surface area contributed by atoms with Gasteiger partial charge in [0.05, 0.1) is 0 Å². The lowest BCUT2D eigenvalue weighted by Gasteiger charge is -2.10. The van der Waals surface area contributed by atoms with Gasteiger partial charge in [-0.25, -0.2) is 4.79 Å². The molecule has 0 spiro atoms. The van der Waals surface area contributed by atoms with Crippen molar-refractivity contribution in [1.82, 2.24) is 0 Å². The van der Waals surface area contributed by atoms with Gasteiger partial charge in [-0.15, -0.1) is 0 Å². The number of hydrogen-bond acceptors (Lipinski definition) is 3. The number of carbonyl (C=O) groups is 1. The van der Waals surface area contributed by atoms with Crippen LogP contribution in [0.25, 0.3) is 11.1 Å². The molecule has 0 aliphatic carbocycles. The first-order valence-corrected chi connectivity index (χ1v) is 7.33. The maximum Gasteiger partial charge on any atom is 0.519 e. The zero-order valence-electron chi connectivity index (χ0n) is 12.7. The summed E-state index contributed by atoms with van der Waals surface area (Å²) < 4.78 is 10.6. The van der Waals surface area contributed by atoms with Gasteiger partial charge < -0.3 is 9.47 Å². The number of carbonyl (C=O) groups excluding carboxylic acids is 1.